The first kappa shape index (κ1) is 25.4. The molecule has 182 valence electrons. The number of nitrogens with zero attached hydrogens (tertiary/aromatic N) is 4. The average Bonchev–Trinajstić information content (AvgIpc) is 3.43. The van der Waals surface area contributed by atoms with Crippen LogP contribution in [0.4, 0.5) is 38.0 Å². The van der Waals surface area contributed by atoms with Crippen LogP contribution in [-0.4, -0.2) is 32.0 Å². The summed E-state index contributed by atoms with van der Waals surface area (Å²) in [5, 5.41) is 6.03. The molecule has 33 heavy (non-hydrogen) atoms. The van der Waals surface area contributed by atoms with E-state index >= 15 is 0 Å². The van der Waals surface area contributed by atoms with Gasteiger partial charge < -0.3 is 10.6 Å². The van der Waals surface area contributed by atoms with E-state index in [0.29, 0.717) is 4.47 Å². The fourth-order valence-corrected chi connectivity index (χ4v) is 4.03. The Morgan fingerprint density at radius 2 is 1.27 bits per heavy atom. The van der Waals surface area contributed by atoms with Crippen molar-refractivity contribution in [1.82, 2.24) is 19.9 Å². The van der Waals surface area contributed by atoms with Crippen LogP contribution < -0.4 is 10.6 Å². The number of halogens is 7. The zero-order valence-corrected chi connectivity index (χ0v) is 19.1. The molecule has 0 aliphatic heterocycles. The fourth-order valence-electron chi connectivity index (χ4n) is 3.72. The van der Waals surface area contributed by atoms with Crippen molar-refractivity contribution in [3.8, 4) is 0 Å². The molecule has 0 bridgehead atoms. The van der Waals surface area contributed by atoms with Gasteiger partial charge in [-0.1, -0.05) is 25.7 Å². The van der Waals surface area contributed by atoms with Crippen molar-refractivity contribution in [2.45, 2.75) is 75.8 Å². The van der Waals surface area contributed by atoms with E-state index in [1.54, 1.807) is 0 Å². The second-order valence-corrected chi connectivity index (χ2v) is 8.76. The van der Waals surface area contributed by atoms with E-state index in [-0.39, 0.29) is 23.7 Å². The van der Waals surface area contributed by atoms with E-state index in [0.717, 1.165) is 63.8 Å². The maximum absolute atomic E-state index is 12.4. The molecule has 0 radical (unpaired) electrons. The number of alkyl halides is 6. The highest BCUT2D eigenvalue weighted by atomic mass is 79.9. The Labute approximate surface area is 195 Å². The molecule has 2 aromatic rings. The summed E-state index contributed by atoms with van der Waals surface area (Å²) in [6.45, 7) is 0. The van der Waals surface area contributed by atoms with Gasteiger partial charge in [0.05, 0.1) is 4.47 Å². The van der Waals surface area contributed by atoms with Crippen molar-refractivity contribution < 1.29 is 26.3 Å². The van der Waals surface area contributed by atoms with Crippen molar-refractivity contribution in [2.75, 3.05) is 10.6 Å². The summed E-state index contributed by atoms with van der Waals surface area (Å²) in [5.41, 5.74) is 0. The van der Waals surface area contributed by atoms with E-state index < -0.39 is 24.0 Å². The summed E-state index contributed by atoms with van der Waals surface area (Å²) >= 11 is 3.15. The highest BCUT2D eigenvalue weighted by molar-refractivity contribution is 9.10. The third-order valence-corrected chi connectivity index (χ3v) is 5.89. The van der Waals surface area contributed by atoms with Crippen LogP contribution >= 0.6 is 15.9 Å². The van der Waals surface area contributed by atoms with Crippen molar-refractivity contribution >= 4 is 27.6 Å². The molecule has 0 aromatic carbocycles. The Morgan fingerprint density at radius 3 is 1.82 bits per heavy atom. The van der Waals surface area contributed by atoms with Gasteiger partial charge in [0, 0.05) is 24.5 Å². The molecule has 2 aliphatic carbocycles. The van der Waals surface area contributed by atoms with Crippen LogP contribution in [0.2, 0.25) is 0 Å². The summed E-state index contributed by atoms with van der Waals surface area (Å²) in [5.74, 6) is -1.72. The zero-order valence-electron chi connectivity index (χ0n) is 17.5. The number of hydrogen-bond donors (Lipinski definition) is 2. The summed E-state index contributed by atoms with van der Waals surface area (Å²) in [7, 11) is 0. The lowest BCUT2D eigenvalue weighted by molar-refractivity contribution is -0.145. The minimum atomic E-state index is -4.51. The number of rotatable bonds is 4. The fraction of sp³-hybridized carbons (Fsp3) is 0.600. The number of nitrogens with one attached hydrogen (secondary N) is 2. The Morgan fingerprint density at radius 1 is 0.758 bits per heavy atom. The first-order valence-corrected chi connectivity index (χ1v) is 11.3. The molecule has 0 atom stereocenters. The SMILES string of the molecule is FC(F)(F)c1ncc(Br)c(NC2CCCC2)n1.FC(F)(F)c1nccc(NC2CCCC2)n1. The van der Waals surface area contributed by atoms with E-state index in [9.17, 15) is 26.3 Å². The first-order chi connectivity index (χ1) is 15.5. The molecule has 2 heterocycles. The van der Waals surface area contributed by atoms with Crippen molar-refractivity contribution in [2.24, 2.45) is 0 Å². The Balaban J connectivity index is 0.000000186. The lowest BCUT2D eigenvalue weighted by Crippen LogP contribution is -2.19. The molecule has 0 saturated heterocycles. The van der Waals surface area contributed by atoms with E-state index in [1.807, 2.05) is 0 Å². The highest BCUT2D eigenvalue weighted by Gasteiger charge is 2.36. The second kappa shape index (κ2) is 10.8. The first-order valence-electron chi connectivity index (χ1n) is 10.6. The van der Waals surface area contributed by atoms with E-state index in [1.165, 1.54) is 6.07 Å². The average molecular weight is 541 g/mol. The third kappa shape index (κ3) is 7.68. The summed E-state index contributed by atoms with van der Waals surface area (Å²) < 4.78 is 74.8. The molecule has 2 N–H and O–H groups in total. The quantitative estimate of drug-likeness (QED) is 0.433. The normalized spacial score (nSPS) is 17.5. The minimum absolute atomic E-state index is 0.210. The van der Waals surface area contributed by atoms with Gasteiger partial charge in [-0.2, -0.15) is 26.3 Å². The maximum atomic E-state index is 12.4. The molecule has 2 saturated carbocycles. The molecule has 13 heteroatoms. The lowest BCUT2D eigenvalue weighted by Gasteiger charge is -2.15. The predicted molar refractivity (Wildman–Crippen MR) is 114 cm³/mol. The summed E-state index contributed by atoms with van der Waals surface area (Å²) in [6.07, 6.45) is 1.65. The maximum Gasteiger partial charge on any atom is 0.451 e. The molecule has 6 nitrogen and oxygen atoms in total. The molecular formula is C20H23BrF6N6. The van der Waals surface area contributed by atoms with Gasteiger partial charge >= 0.3 is 12.4 Å². The van der Waals surface area contributed by atoms with Crippen LogP contribution in [-0.2, 0) is 12.4 Å². The van der Waals surface area contributed by atoms with Gasteiger partial charge in [-0.25, -0.2) is 19.9 Å². The minimum Gasteiger partial charge on any atom is -0.367 e. The number of hydrogen-bond acceptors (Lipinski definition) is 6. The van der Waals surface area contributed by atoms with Gasteiger partial charge in [0.2, 0.25) is 11.6 Å². The van der Waals surface area contributed by atoms with Gasteiger partial charge in [-0.05, 0) is 47.7 Å². The van der Waals surface area contributed by atoms with Crippen LogP contribution in [0, 0.1) is 0 Å². The van der Waals surface area contributed by atoms with Crippen LogP contribution in [0.3, 0.4) is 0 Å². The standard InChI is InChI=1S/C10H11BrF3N3.C10H12F3N3/c11-7-5-15-9(10(12,13)14)17-8(7)16-6-3-1-2-4-6;11-10(12,13)9-14-6-5-8(16-9)15-7-3-1-2-4-7/h5-6H,1-4H2,(H,15,16,17);5-7H,1-4H2,(H,14,15,16). The molecule has 0 amide bonds. The van der Waals surface area contributed by atoms with Gasteiger partial charge in [0.1, 0.15) is 11.6 Å². The van der Waals surface area contributed by atoms with Crippen LogP contribution in [0.25, 0.3) is 0 Å². The van der Waals surface area contributed by atoms with Gasteiger partial charge in [-0.3, -0.25) is 0 Å². The molecule has 0 spiro atoms. The summed E-state index contributed by atoms with van der Waals surface area (Å²) in [4.78, 5) is 13.4. The number of anilines is 2. The lowest BCUT2D eigenvalue weighted by atomic mass is 10.2. The Kier molecular flexibility index (Phi) is 8.35. The molecular weight excluding hydrogens is 518 g/mol. The topological polar surface area (TPSA) is 75.6 Å². The number of aromatic nitrogens is 4. The Hall–Kier alpha value is -2.18. The van der Waals surface area contributed by atoms with Gasteiger partial charge in [-0.15, -0.1) is 0 Å². The highest BCUT2D eigenvalue weighted by Crippen LogP contribution is 2.31. The van der Waals surface area contributed by atoms with Crippen LogP contribution in [0.1, 0.15) is 63.0 Å². The van der Waals surface area contributed by atoms with Crippen LogP contribution in [0.5, 0.6) is 0 Å². The molecule has 2 aliphatic rings. The predicted octanol–water partition coefficient (Wildman–Crippen LogP) is 6.46. The molecule has 2 fully saturated rings. The smallest absolute Gasteiger partial charge is 0.367 e. The summed E-state index contributed by atoms with van der Waals surface area (Å²) in [6, 6.07) is 1.92. The van der Waals surface area contributed by atoms with Gasteiger partial charge in [0.25, 0.3) is 0 Å². The van der Waals surface area contributed by atoms with Crippen molar-refractivity contribution in [3.05, 3.63) is 34.6 Å². The van der Waals surface area contributed by atoms with Crippen LogP contribution in [0.15, 0.2) is 22.9 Å². The van der Waals surface area contributed by atoms with Crippen molar-refractivity contribution in [1.29, 1.82) is 0 Å². The zero-order chi connectivity index (χ0) is 24.1. The molecule has 0 unspecified atom stereocenters. The molecule has 4 rings (SSSR count). The second-order valence-electron chi connectivity index (χ2n) is 7.90. The third-order valence-electron chi connectivity index (χ3n) is 5.31. The largest absolute Gasteiger partial charge is 0.451 e. The van der Waals surface area contributed by atoms with Gasteiger partial charge in [0.15, 0.2) is 0 Å². The Bertz CT molecular complexity index is 911. The van der Waals surface area contributed by atoms with Crippen molar-refractivity contribution in [3.63, 3.8) is 0 Å². The molecule has 2 aromatic heterocycles. The van der Waals surface area contributed by atoms with E-state index in [4.69, 9.17) is 0 Å². The monoisotopic (exact) mass is 540 g/mol. The van der Waals surface area contributed by atoms with E-state index in [2.05, 4.69) is 46.5 Å².